The highest BCUT2D eigenvalue weighted by Gasteiger charge is 2.27. The van der Waals surface area contributed by atoms with Gasteiger partial charge in [0.2, 0.25) is 0 Å². The first kappa shape index (κ1) is 26.0. The number of hydrogen-bond donors (Lipinski definition) is 2. The molecule has 1 aromatic heterocycles. The van der Waals surface area contributed by atoms with Crippen LogP contribution in [-0.4, -0.2) is 31.2 Å². The second kappa shape index (κ2) is 10.8. The second-order valence-electron chi connectivity index (χ2n) is 10.3. The molecule has 34 heavy (non-hydrogen) atoms. The second-order valence-corrected chi connectivity index (χ2v) is 10.7. The summed E-state index contributed by atoms with van der Waals surface area (Å²) in [5.74, 6) is -0.776. The molecule has 0 amide bonds. The maximum atomic E-state index is 12.2. The van der Waals surface area contributed by atoms with Crippen molar-refractivity contribution in [2.24, 2.45) is 11.8 Å². The molecule has 0 saturated heterocycles. The molecule has 7 heteroatoms. The number of aliphatic carboxylic acids is 1. The SMILES string of the molecule is CCCCC(CC)CC(Cc1cc(-n2nc3ccc(Cl)cc3n2)c(O)c(C(C)(C)C)c1)C(=O)O. The molecule has 2 unspecified atom stereocenters. The highest BCUT2D eigenvalue weighted by molar-refractivity contribution is 6.31. The van der Waals surface area contributed by atoms with Gasteiger partial charge in [-0.15, -0.1) is 15.0 Å². The molecule has 0 aliphatic carbocycles. The summed E-state index contributed by atoms with van der Waals surface area (Å²) in [5, 5.41) is 30.8. The molecule has 2 atom stereocenters. The van der Waals surface area contributed by atoms with Gasteiger partial charge in [-0.3, -0.25) is 4.79 Å². The fourth-order valence-electron chi connectivity index (χ4n) is 4.45. The standard InChI is InChI=1S/C27H36ClN3O3/c1-6-8-9-17(7-2)12-19(26(33)34)13-18-14-21(27(3,4)5)25(32)24(15-18)31-29-22-11-10-20(28)16-23(22)30-31/h10-11,14-17,19,32H,6-9,12-13H2,1-5H3,(H,33,34). The van der Waals surface area contributed by atoms with Gasteiger partial charge in [0.05, 0.1) is 5.92 Å². The first-order chi connectivity index (χ1) is 16.0. The third kappa shape index (κ3) is 6.09. The fraction of sp³-hybridized carbons (Fsp3) is 0.519. The van der Waals surface area contributed by atoms with Gasteiger partial charge in [-0.05, 0) is 54.0 Å². The number of halogens is 1. The zero-order valence-corrected chi connectivity index (χ0v) is 21.6. The minimum Gasteiger partial charge on any atom is -0.505 e. The van der Waals surface area contributed by atoms with E-state index in [1.807, 2.05) is 32.9 Å². The average Bonchev–Trinajstić information content (AvgIpc) is 3.18. The molecule has 6 nitrogen and oxygen atoms in total. The number of hydrogen-bond acceptors (Lipinski definition) is 4. The van der Waals surface area contributed by atoms with E-state index in [0.29, 0.717) is 40.5 Å². The molecule has 3 aromatic rings. The van der Waals surface area contributed by atoms with E-state index in [-0.39, 0.29) is 11.2 Å². The van der Waals surface area contributed by atoms with Crippen molar-refractivity contribution in [1.82, 2.24) is 15.0 Å². The van der Waals surface area contributed by atoms with E-state index in [9.17, 15) is 15.0 Å². The lowest BCUT2D eigenvalue weighted by Gasteiger charge is -2.24. The Morgan fingerprint density at radius 2 is 1.82 bits per heavy atom. The average molecular weight is 486 g/mol. The van der Waals surface area contributed by atoms with E-state index in [4.69, 9.17) is 11.6 Å². The molecule has 3 rings (SSSR count). The van der Waals surface area contributed by atoms with Gasteiger partial charge in [-0.25, -0.2) is 0 Å². The van der Waals surface area contributed by atoms with E-state index < -0.39 is 11.9 Å². The van der Waals surface area contributed by atoms with Gasteiger partial charge in [-0.1, -0.05) is 78.0 Å². The minimum atomic E-state index is -0.778. The molecule has 1 heterocycles. The Balaban J connectivity index is 2.03. The van der Waals surface area contributed by atoms with Crippen LogP contribution in [0.15, 0.2) is 30.3 Å². The molecule has 2 N–H and O–H groups in total. The lowest BCUT2D eigenvalue weighted by molar-refractivity contribution is -0.142. The molecule has 0 saturated carbocycles. The summed E-state index contributed by atoms with van der Waals surface area (Å²) in [5.41, 5.74) is 2.97. The molecule has 0 aliphatic rings. The first-order valence-electron chi connectivity index (χ1n) is 12.2. The zero-order chi connectivity index (χ0) is 25.0. The van der Waals surface area contributed by atoms with Crippen LogP contribution in [0.5, 0.6) is 5.75 Å². The number of aromatic hydroxyl groups is 1. The van der Waals surface area contributed by atoms with E-state index in [2.05, 4.69) is 24.0 Å². The maximum Gasteiger partial charge on any atom is 0.306 e. The van der Waals surface area contributed by atoms with E-state index in [1.165, 1.54) is 4.80 Å². The summed E-state index contributed by atoms with van der Waals surface area (Å²) in [7, 11) is 0. The first-order valence-corrected chi connectivity index (χ1v) is 12.5. The number of aromatic nitrogens is 3. The molecular weight excluding hydrogens is 450 g/mol. The zero-order valence-electron chi connectivity index (χ0n) is 20.8. The third-order valence-electron chi connectivity index (χ3n) is 6.51. The van der Waals surface area contributed by atoms with E-state index >= 15 is 0 Å². The minimum absolute atomic E-state index is 0.101. The number of fused-ring (bicyclic) bond motifs is 1. The van der Waals surface area contributed by atoms with Crippen LogP contribution < -0.4 is 0 Å². The van der Waals surface area contributed by atoms with Crippen molar-refractivity contribution in [2.45, 2.75) is 78.6 Å². The number of unbranched alkanes of at least 4 members (excludes halogenated alkanes) is 1. The number of benzene rings is 2. The van der Waals surface area contributed by atoms with E-state index in [1.54, 1.807) is 18.2 Å². The van der Waals surface area contributed by atoms with Crippen molar-refractivity contribution in [3.63, 3.8) is 0 Å². The predicted octanol–water partition coefficient (Wildman–Crippen LogP) is 6.93. The van der Waals surface area contributed by atoms with Gasteiger partial charge >= 0.3 is 5.97 Å². The summed E-state index contributed by atoms with van der Waals surface area (Å²) in [6, 6.07) is 9.01. The molecule has 0 aliphatic heterocycles. The topological polar surface area (TPSA) is 88.2 Å². The summed E-state index contributed by atoms with van der Waals surface area (Å²) in [6.45, 7) is 10.4. The largest absolute Gasteiger partial charge is 0.505 e. The van der Waals surface area contributed by atoms with Crippen molar-refractivity contribution in [2.75, 3.05) is 0 Å². The number of phenols is 1. The van der Waals surface area contributed by atoms with Crippen LogP contribution in [0.3, 0.4) is 0 Å². The summed E-state index contributed by atoms with van der Waals surface area (Å²) in [6.07, 6.45) is 5.30. The van der Waals surface area contributed by atoms with Crippen molar-refractivity contribution >= 4 is 28.6 Å². The van der Waals surface area contributed by atoms with Gasteiger partial charge in [0, 0.05) is 10.6 Å². The lowest BCUT2D eigenvalue weighted by atomic mass is 9.82. The number of carboxylic acid groups (broad SMARTS) is 1. The Morgan fingerprint density at radius 1 is 1.12 bits per heavy atom. The van der Waals surface area contributed by atoms with Crippen LogP contribution in [0.2, 0.25) is 5.02 Å². The van der Waals surface area contributed by atoms with Gasteiger partial charge in [-0.2, -0.15) is 0 Å². The number of carbonyl (C=O) groups is 1. The number of phenolic OH excluding ortho intramolecular Hbond substituents is 1. The molecular formula is C27H36ClN3O3. The van der Waals surface area contributed by atoms with Crippen molar-refractivity contribution in [3.8, 4) is 11.4 Å². The molecule has 0 bridgehead atoms. The van der Waals surface area contributed by atoms with Crippen LogP contribution in [0.1, 0.15) is 77.8 Å². The van der Waals surface area contributed by atoms with Crippen molar-refractivity contribution in [1.29, 1.82) is 0 Å². The smallest absolute Gasteiger partial charge is 0.306 e. The van der Waals surface area contributed by atoms with Gasteiger partial charge < -0.3 is 10.2 Å². The Labute approximate surface area is 206 Å². The van der Waals surface area contributed by atoms with Crippen LogP contribution in [-0.2, 0) is 16.6 Å². The summed E-state index contributed by atoms with van der Waals surface area (Å²) < 4.78 is 0. The highest BCUT2D eigenvalue weighted by Crippen LogP contribution is 2.37. The Morgan fingerprint density at radius 3 is 2.44 bits per heavy atom. The highest BCUT2D eigenvalue weighted by atomic mass is 35.5. The van der Waals surface area contributed by atoms with E-state index in [0.717, 1.165) is 36.8 Å². The molecule has 2 aromatic carbocycles. The maximum absolute atomic E-state index is 12.2. The molecule has 184 valence electrons. The Bertz CT molecular complexity index is 1150. The van der Waals surface area contributed by atoms with Crippen LogP contribution >= 0.6 is 11.6 Å². The van der Waals surface area contributed by atoms with Gasteiger partial charge in [0.25, 0.3) is 0 Å². The fourth-order valence-corrected chi connectivity index (χ4v) is 4.62. The number of nitrogens with zero attached hydrogens (tertiary/aromatic N) is 3. The molecule has 0 radical (unpaired) electrons. The number of rotatable bonds is 10. The quantitative estimate of drug-likeness (QED) is 0.325. The third-order valence-corrected chi connectivity index (χ3v) is 6.74. The molecule has 0 spiro atoms. The van der Waals surface area contributed by atoms with Crippen LogP contribution in [0.25, 0.3) is 16.7 Å². The van der Waals surface area contributed by atoms with Gasteiger partial charge in [0.1, 0.15) is 22.5 Å². The summed E-state index contributed by atoms with van der Waals surface area (Å²) in [4.78, 5) is 13.6. The van der Waals surface area contributed by atoms with Crippen molar-refractivity contribution in [3.05, 3.63) is 46.5 Å². The van der Waals surface area contributed by atoms with Gasteiger partial charge in [0.15, 0.2) is 0 Å². The van der Waals surface area contributed by atoms with Crippen LogP contribution in [0.4, 0.5) is 0 Å². The molecule has 0 fully saturated rings. The monoisotopic (exact) mass is 485 g/mol. The normalized spacial score (nSPS) is 13.8. The Hall–Kier alpha value is -2.60. The Kier molecular flexibility index (Phi) is 8.24. The number of carboxylic acids is 1. The van der Waals surface area contributed by atoms with Crippen molar-refractivity contribution < 1.29 is 15.0 Å². The predicted molar refractivity (Wildman–Crippen MR) is 137 cm³/mol. The van der Waals surface area contributed by atoms with Crippen LogP contribution in [0, 0.1) is 11.8 Å². The summed E-state index contributed by atoms with van der Waals surface area (Å²) >= 11 is 6.11. The lowest BCUT2D eigenvalue weighted by Crippen LogP contribution is -2.21.